The Balaban J connectivity index is 1.49. The van der Waals surface area contributed by atoms with Crippen molar-refractivity contribution in [2.24, 2.45) is 0 Å². The van der Waals surface area contributed by atoms with Crippen LogP contribution in [-0.2, 0) is 12.8 Å². The molecule has 1 aliphatic rings. The van der Waals surface area contributed by atoms with Gasteiger partial charge in [0, 0.05) is 6.54 Å². The molecule has 0 fully saturated rings. The Morgan fingerprint density at radius 2 is 1.91 bits per heavy atom. The minimum Gasteiger partial charge on any atom is -0.338 e. The van der Waals surface area contributed by atoms with E-state index in [1.807, 2.05) is 12.1 Å². The number of amides is 2. The summed E-state index contributed by atoms with van der Waals surface area (Å²) in [4.78, 5) is 12.0. The van der Waals surface area contributed by atoms with Gasteiger partial charge in [0.15, 0.2) is 0 Å². The lowest BCUT2D eigenvalue weighted by atomic mass is 10.1. The van der Waals surface area contributed by atoms with Crippen molar-refractivity contribution in [3.05, 3.63) is 71.0 Å². The molecule has 0 saturated carbocycles. The van der Waals surface area contributed by atoms with Crippen LogP contribution in [0, 0.1) is 5.82 Å². The van der Waals surface area contributed by atoms with Crippen LogP contribution in [0.1, 0.15) is 29.2 Å². The van der Waals surface area contributed by atoms with Crippen LogP contribution in [-0.4, -0.2) is 12.6 Å². The van der Waals surface area contributed by atoms with Gasteiger partial charge in [0.2, 0.25) is 0 Å². The Morgan fingerprint density at radius 1 is 1.14 bits per heavy atom. The number of aryl methyl sites for hydroxylation is 1. The number of halogens is 1. The average Bonchev–Trinajstić information content (AvgIpc) is 2.92. The van der Waals surface area contributed by atoms with Gasteiger partial charge in [-0.25, -0.2) is 9.18 Å². The minimum atomic E-state index is -0.227. The predicted molar refractivity (Wildman–Crippen MR) is 84.1 cm³/mol. The molecule has 0 bridgehead atoms. The SMILES string of the molecule is O=C(NCCc1ccccc1F)NC1CCc2ccccc21. The first-order valence-corrected chi connectivity index (χ1v) is 7.59. The van der Waals surface area contributed by atoms with Crippen molar-refractivity contribution in [3.8, 4) is 0 Å². The monoisotopic (exact) mass is 298 g/mol. The van der Waals surface area contributed by atoms with Crippen LogP contribution in [0.5, 0.6) is 0 Å². The van der Waals surface area contributed by atoms with E-state index in [-0.39, 0.29) is 17.9 Å². The van der Waals surface area contributed by atoms with Crippen molar-refractivity contribution in [3.63, 3.8) is 0 Å². The maximum Gasteiger partial charge on any atom is 0.315 e. The number of carbonyl (C=O) groups excluding carboxylic acids is 1. The zero-order chi connectivity index (χ0) is 15.4. The van der Waals surface area contributed by atoms with Crippen molar-refractivity contribution >= 4 is 6.03 Å². The molecular weight excluding hydrogens is 279 g/mol. The second-order valence-corrected chi connectivity index (χ2v) is 5.53. The van der Waals surface area contributed by atoms with E-state index >= 15 is 0 Å². The zero-order valence-corrected chi connectivity index (χ0v) is 12.3. The summed E-state index contributed by atoms with van der Waals surface area (Å²) >= 11 is 0. The van der Waals surface area contributed by atoms with Crippen LogP contribution < -0.4 is 10.6 Å². The van der Waals surface area contributed by atoms with Gasteiger partial charge in [-0.2, -0.15) is 0 Å². The molecule has 0 spiro atoms. The lowest BCUT2D eigenvalue weighted by molar-refractivity contribution is 0.237. The number of rotatable bonds is 4. The Bertz CT molecular complexity index is 672. The Kier molecular flexibility index (Phi) is 4.37. The molecule has 114 valence electrons. The van der Waals surface area contributed by atoms with Gasteiger partial charge in [0.1, 0.15) is 5.82 Å². The first-order valence-electron chi connectivity index (χ1n) is 7.59. The third-order valence-corrected chi connectivity index (χ3v) is 4.08. The largest absolute Gasteiger partial charge is 0.338 e. The summed E-state index contributed by atoms with van der Waals surface area (Å²) in [5.41, 5.74) is 3.12. The summed E-state index contributed by atoms with van der Waals surface area (Å²) < 4.78 is 13.5. The second kappa shape index (κ2) is 6.60. The molecule has 2 aromatic rings. The van der Waals surface area contributed by atoms with Crippen molar-refractivity contribution in [1.29, 1.82) is 0 Å². The maximum atomic E-state index is 13.5. The molecule has 0 aliphatic heterocycles. The van der Waals surface area contributed by atoms with Crippen molar-refractivity contribution in [2.45, 2.75) is 25.3 Å². The highest BCUT2D eigenvalue weighted by atomic mass is 19.1. The minimum absolute atomic E-state index is 0.0738. The van der Waals surface area contributed by atoms with Crippen LogP contribution in [0.25, 0.3) is 0 Å². The van der Waals surface area contributed by atoms with Crippen molar-refractivity contribution in [1.82, 2.24) is 10.6 Å². The molecule has 0 saturated heterocycles. The fourth-order valence-electron chi connectivity index (χ4n) is 2.93. The van der Waals surface area contributed by atoms with E-state index in [1.165, 1.54) is 17.2 Å². The van der Waals surface area contributed by atoms with Gasteiger partial charge in [-0.15, -0.1) is 0 Å². The Morgan fingerprint density at radius 3 is 2.77 bits per heavy atom. The third-order valence-electron chi connectivity index (χ3n) is 4.08. The molecule has 1 aliphatic carbocycles. The molecular formula is C18H19FN2O. The molecule has 1 atom stereocenters. The highest BCUT2D eigenvalue weighted by molar-refractivity contribution is 5.74. The van der Waals surface area contributed by atoms with Gasteiger partial charge in [0.25, 0.3) is 0 Å². The van der Waals surface area contributed by atoms with Gasteiger partial charge in [-0.05, 0) is 42.0 Å². The maximum absolute atomic E-state index is 13.5. The number of hydrogen-bond acceptors (Lipinski definition) is 1. The lowest BCUT2D eigenvalue weighted by Gasteiger charge is -2.15. The van der Waals surface area contributed by atoms with Crippen molar-refractivity contribution < 1.29 is 9.18 Å². The third kappa shape index (κ3) is 3.27. The number of hydrogen-bond donors (Lipinski definition) is 2. The molecule has 2 aromatic carbocycles. The van der Waals surface area contributed by atoms with E-state index in [2.05, 4.69) is 22.8 Å². The van der Waals surface area contributed by atoms with E-state index in [0.717, 1.165) is 12.8 Å². The fourth-order valence-corrected chi connectivity index (χ4v) is 2.93. The molecule has 22 heavy (non-hydrogen) atoms. The molecule has 2 N–H and O–H groups in total. The molecule has 0 aromatic heterocycles. The molecule has 0 heterocycles. The van der Waals surface area contributed by atoms with Crippen LogP contribution >= 0.6 is 0 Å². The quantitative estimate of drug-likeness (QED) is 0.893. The molecule has 3 rings (SSSR count). The molecule has 1 unspecified atom stereocenters. The summed E-state index contributed by atoms with van der Waals surface area (Å²) in [5, 5.41) is 5.79. The predicted octanol–water partition coefficient (Wildman–Crippen LogP) is 3.35. The van der Waals surface area contributed by atoms with E-state index < -0.39 is 0 Å². The molecule has 4 heteroatoms. The topological polar surface area (TPSA) is 41.1 Å². The smallest absolute Gasteiger partial charge is 0.315 e. The summed E-state index contributed by atoms with van der Waals surface area (Å²) in [7, 11) is 0. The highest BCUT2D eigenvalue weighted by Crippen LogP contribution is 2.30. The number of fused-ring (bicyclic) bond motifs is 1. The Labute approximate surface area is 129 Å². The van der Waals surface area contributed by atoms with Crippen molar-refractivity contribution in [2.75, 3.05) is 6.54 Å². The number of urea groups is 1. The summed E-state index contributed by atoms with van der Waals surface area (Å²) in [6.45, 7) is 0.418. The van der Waals surface area contributed by atoms with Gasteiger partial charge in [0.05, 0.1) is 6.04 Å². The zero-order valence-electron chi connectivity index (χ0n) is 12.3. The van der Waals surface area contributed by atoms with Crippen LogP contribution in [0.15, 0.2) is 48.5 Å². The first kappa shape index (κ1) is 14.6. The van der Waals surface area contributed by atoms with E-state index in [1.54, 1.807) is 18.2 Å². The van der Waals surface area contributed by atoms with Gasteiger partial charge in [-0.1, -0.05) is 42.5 Å². The number of nitrogens with one attached hydrogen (secondary N) is 2. The van der Waals surface area contributed by atoms with Gasteiger partial charge in [-0.3, -0.25) is 0 Å². The van der Waals surface area contributed by atoms with Crippen LogP contribution in [0.4, 0.5) is 9.18 Å². The Hall–Kier alpha value is -2.36. The number of benzene rings is 2. The number of carbonyl (C=O) groups is 1. The van der Waals surface area contributed by atoms with Gasteiger partial charge >= 0.3 is 6.03 Å². The van der Waals surface area contributed by atoms with Crippen LogP contribution in [0.3, 0.4) is 0 Å². The molecule has 3 nitrogen and oxygen atoms in total. The molecule has 0 radical (unpaired) electrons. The van der Waals surface area contributed by atoms with E-state index in [0.29, 0.717) is 18.5 Å². The van der Waals surface area contributed by atoms with Gasteiger partial charge < -0.3 is 10.6 Å². The average molecular weight is 298 g/mol. The first-order chi connectivity index (χ1) is 10.7. The van der Waals surface area contributed by atoms with E-state index in [9.17, 15) is 9.18 Å². The standard InChI is InChI=1S/C18H19FN2O/c19-16-8-4-2-6-14(16)11-12-20-18(22)21-17-10-9-13-5-1-3-7-15(13)17/h1-8,17H,9-12H2,(H2,20,21,22). The highest BCUT2D eigenvalue weighted by Gasteiger charge is 2.23. The molecule has 2 amide bonds. The lowest BCUT2D eigenvalue weighted by Crippen LogP contribution is -2.38. The summed E-state index contributed by atoms with van der Waals surface area (Å²) in [6, 6.07) is 14.7. The normalized spacial score (nSPS) is 16.1. The van der Waals surface area contributed by atoms with E-state index in [4.69, 9.17) is 0 Å². The summed E-state index contributed by atoms with van der Waals surface area (Å²) in [6.07, 6.45) is 2.41. The van der Waals surface area contributed by atoms with Crippen LogP contribution in [0.2, 0.25) is 0 Å². The fraction of sp³-hybridized carbons (Fsp3) is 0.278. The second-order valence-electron chi connectivity index (χ2n) is 5.53. The summed E-state index contributed by atoms with van der Waals surface area (Å²) in [5.74, 6) is -0.227.